The molecule has 1 amide bonds. The van der Waals surface area contributed by atoms with Gasteiger partial charge >= 0.3 is 5.97 Å². The number of amides is 1. The van der Waals surface area contributed by atoms with Crippen molar-refractivity contribution >= 4 is 11.9 Å². The van der Waals surface area contributed by atoms with Crippen LogP contribution in [0.15, 0.2) is 0 Å². The van der Waals surface area contributed by atoms with E-state index in [4.69, 9.17) is 5.11 Å². The molecule has 0 radical (unpaired) electrons. The van der Waals surface area contributed by atoms with Crippen molar-refractivity contribution < 1.29 is 14.7 Å². The number of piperidine rings is 3. The van der Waals surface area contributed by atoms with Gasteiger partial charge in [0.2, 0.25) is 5.91 Å². The standard InChI is InChI=1S/C17H30N2O3/c1-4-12-11-19-6-5-13(12)7-14(19)10-18-15(20)8-17(2,3)9-16(21)22/h12-14H,4-11H2,1-3H3,(H,18,20)(H,21,22). The zero-order valence-corrected chi connectivity index (χ0v) is 14.1. The minimum absolute atomic E-state index is 0.0240. The van der Waals surface area contributed by atoms with Gasteiger partial charge in [-0.1, -0.05) is 27.2 Å². The molecule has 0 saturated carbocycles. The normalized spacial score (nSPS) is 31.0. The maximum atomic E-state index is 12.1. The average molecular weight is 310 g/mol. The van der Waals surface area contributed by atoms with Gasteiger partial charge in [0, 0.05) is 25.6 Å². The van der Waals surface area contributed by atoms with Gasteiger partial charge in [0.05, 0.1) is 6.42 Å². The lowest BCUT2D eigenvalue weighted by Crippen LogP contribution is -2.56. The van der Waals surface area contributed by atoms with E-state index in [1.54, 1.807) is 0 Å². The predicted molar refractivity (Wildman–Crippen MR) is 85.5 cm³/mol. The van der Waals surface area contributed by atoms with Crippen molar-refractivity contribution in [2.45, 2.75) is 58.9 Å². The summed E-state index contributed by atoms with van der Waals surface area (Å²) in [4.78, 5) is 25.4. The fraction of sp³-hybridized carbons (Fsp3) is 0.882. The number of carbonyl (C=O) groups is 2. The van der Waals surface area contributed by atoms with E-state index in [2.05, 4.69) is 17.1 Å². The second-order valence-corrected chi connectivity index (χ2v) is 7.82. The second kappa shape index (κ2) is 6.99. The molecule has 3 aliphatic rings. The van der Waals surface area contributed by atoms with Crippen LogP contribution >= 0.6 is 0 Å². The van der Waals surface area contributed by atoms with Gasteiger partial charge in [-0.05, 0) is 36.6 Å². The lowest BCUT2D eigenvalue weighted by atomic mass is 9.74. The molecule has 0 aromatic carbocycles. The molecule has 4 atom stereocenters. The summed E-state index contributed by atoms with van der Waals surface area (Å²) in [5.74, 6) is 0.774. The molecule has 3 aliphatic heterocycles. The van der Waals surface area contributed by atoms with E-state index >= 15 is 0 Å². The summed E-state index contributed by atoms with van der Waals surface area (Å²) in [6, 6.07) is 0.466. The Bertz CT molecular complexity index is 422. The first-order chi connectivity index (χ1) is 10.3. The van der Waals surface area contributed by atoms with Gasteiger partial charge in [0.1, 0.15) is 0 Å². The van der Waals surface area contributed by atoms with Crippen molar-refractivity contribution in [2.24, 2.45) is 17.3 Å². The van der Waals surface area contributed by atoms with Crippen molar-refractivity contribution in [3.63, 3.8) is 0 Å². The third-order valence-corrected chi connectivity index (χ3v) is 5.34. The summed E-state index contributed by atoms with van der Waals surface area (Å²) in [7, 11) is 0. The highest BCUT2D eigenvalue weighted by Gasteiger charge is 2.39. The van der Waals surface area contributed by atoms with Crippen LogP contribution in [0.25, 0.3) is 0 Å². The molecule has 2 bridgehead atoms. The Kier molecular flexibility index (Phi) is 5.48. The molecular formula is C17H30N2O3. The van der Waals surface area contributed by atoms with Crippen molar-refractivity contribution in [2.75, 3.05) is 19.6 Å². The second-order valence-electron chi connectivity index (χ2n) is 7.82. The molecule has 3 saturated heterocycles. The van der Waals surface area contributed by atoms with Crippen LogP contribution in [0.3, 0.4) is 0 Å². The summed E-state index contributed by atoms with van der Waals surface area (Å²) < 4.78 is 0. The number of hydrogen-bond acceptors (Lipinski definition) is 3. The lowest BCUT2D eigenvalue weighted by molar-refractivity contribution is -0.139. The van der Waals surface area contributed by atoms with Crippen molar-refractivity contribution in [3.8, 4) is 0 Å². The minimum atomic E-state index is -0.848. The number of rotatable bonds is 7. The summed E-state index contributed by atoms with van der Waals surface area (Å²) >= 11 is 0. The number of carboxylic acids is 1. The molecule has 22 heavy (non-hydrogen) atoms. The number of nitrogens with zero attached hydrogens (tertiary/aromatic N) is 1. The van der Waals surface area contributed by atoms with Crippen LogP contribution < -0.4 is 5.32 Å². The highest BCUT2D eigenvalue weighted by atomic mass is 16.4. The van der Waals surface area contributed by atoms with Crippen LogP contribution in [0.4, 0.5) is 0 Å². The number of carboxylic acid groups (broad SMARTS) is 1. The first-order valence-electron chi connectivity index (χ1n) is 8.53. The maximum Gasteiger partial charge on any atom is 0.303 e. The number of fused-ring (bicyclic) bond motifs is 3. The molecule has 0 aromatic rings. The Morgan fingerprint density at radius 2 is 2.05 bits per heavy atom. The first kappa shape index (κ1) is 17.3. The van der Waals surface area contributed by atoms with Gasteiger partial charge in [0.15, 0.2) is 0 Å². The predicted octanol–water partition coefficient (Wildman–Crippen LogP) is 2.11. The molecule has 3 rings (SSSR count). The van der Waals surface area contributed by atoms with E-state index in [0.717, 1.165) is 18.4 Å². The van der Waals surface area contributed by atoms with Crippen LogP contribution in [-0.2, 0) is 9.59 Å². The summed E-state index contributed by atoms with van der Waals surface area (Å²) in [6.45, 7) is 8.97. The Balaban J connectivity index is 1.77. The van der Waals surface area contributed by atoms with E-state index in [-0.39, 0.29) is 18.7 Å². The Morgan fingerprint density at radius 3 is 2.59 bits per heavy atom. The number of nitrogens with one attached hydrogen (secondary N) is 1. The molecule has 0 spiro atoms. The van der Waals surface area contributed by atoms with E-state index in [0.29, 0.717) is 12.6 Å². The van der Waals surface area contributed by atoms with Crippen molar-refractivity contribution in [1.29, 1.82) is 0 Å². The largest absolute Gasteiger partial charge is 0.481 e. The molecule has 3 heterocycles. The van der Waals surface area contributed by atoms with E-state index in [1.807, 2.05) is 13.8 Å². The van der Waals surface area contributed by atoms with Gasteiger partial charge in [-0.25, -0.2) is 0 Å². The molecule has 4 unspecified atom stereocenters. The smallest absolute Gasteiger partial charge is 0.303 e. The van der Waals surface area contributed by atoms with Gasteiger partial charge in [-0.2, -0.15) is 0 Å². The monoisotopic (exact) mass is 310 g/mol. The molecule has 0 aliphatic carbocycles. The molecule has 5 heteroatoms. The fourth-order valence-electron chi connectivity index (χ4n) is 4.12. The van der Waals surface area contributed by atoms with Gasteiger partial charge in [-0.3, -0.25) is 14.5 Å². The topological polar surface area (TPSA) is 69.6 Å². The zero-order chi connectivity index (χ0) is 16.3. The molecule has 0 aromatic heterocycles. The van der Waals surface area contributed by atoms with Gasteiger partial charge in [-0.15, -0.1) is 0 Å². The van der Waals surface area contributed by atoms with Crippen molar-refractivity contribution in [3.05, 3.63) is 0 Å². The number of hydrogen-bond donors (Lipinski definition) is 2. The first-order valence-corrected chi connectivity index (χ1v) is 8.53. The third kappa shape index (κ3) is 4.45. The number of aliphatic carboxylic acids is 1. The highest BCUT2D eigenvalue weighted by molar-refractivity contribution is 5.77. The summed E-state index contributed by atoms with van der Waals surface area (Å²) in [5.41, 5.74) is -0.491. The highest BCUT2D eigenvalue weighted by Crippen LogP contribution is 2.37. The Hall–Kier alpha value is -1.10. The van der Waals surface area contributed by atoms with Crippen LogP contribution in [0.2, 0.25) is 0 Å². The van der Waals surface area contributed by atoms with Crippen LogP contribution in [0.5, 0.6) is 0 Å². The summed E-state index contributed by atoms with van der Waals surface area (Å²) in [5, 5.41) is 11.9. The minimum Gasteiger partial charge on any atom is -0.481 e. The molecule has 5 nitrogen and oxygen atoms in total. The van der Waals surface area contributed by atoms with Crippen LogP contribution in [-0.4, -0.2) is 47.6 Å². The quantitative estimate of drug-likeness (QED) is 0.755. The summed E-state index contributed by atoms with van der Waals surface area (Å²) in [6.07, 6.45) is 4.04. The Labute approximate surface area is 133 Å². The van der Waals surface area contributed by atoms with Crippen molar-refractivity contribution in [1.82, 2.24) is 10.2 Å². The average Bonchev–Trinajstić information content (AvgIpc) is 2.43. The van der Waals surface area contributed by atoms with Gasteiger partial charge < -0.3 is 10.4 Å². The fourth-order valence-corrected chi connectivity index (χ4v) is 4.12. The molecule has 3 fully saturated rings. The molecular weight excluding hydrogens is 280 g/mol. The Morgan fingerprint density at radius 1 is 1.32 bits per heavy atom. The van der Waals surface area contributed by atoms with E-state index in [9.17, 15) is 9.59 Å². The molecule has 126 valence electrons. The number of carbonyl (C=O) groups excluding carboxylic acids is 1. The lowest BCUT2D eigenvalue weighted by Gasteiger charge is -2.50. The van der Waals surface area contributed by atoms with Crippen LogP contribution in [0.1, 0.15) is 52.9 Å². The van der Waals surface area contributed by atoms with E-state index < -0.39 is 11.4 Å². The maximum absolute atomic E-state index is 12.1. The zero-order valence-electron chi connectivity index (χ0n) is 14.1. The van der Waals surface area contributed by atoms with Crippen LogP contribution in [0, 0.1) is 17.3 Å². The van der Waals surface area contributed by atoms with Gasteiger partial charge in [0.25, 0.3) is 0 Å². The third-order valence-electron chi connectivity index (χ3n) is 5.34. The van der Waals surface area contributed by atoms with E-state index in [1.165, 1.54) is 25.8 Å². The molecule has 2 N–H and O–H groups in total. The SMILES string of the molecule is CCC1CN2CCC1CC2CNC(=O)CC(C)(C)CC(=O)O.